The highest BCUT2D eigenvalue weighted by molar-refractivity contribution is 7.92. The largest absolute Gasteiger partial charge is 0.469 e. The van der Waals surface area contributed by atoms with Crippen LogP contribution in [0.2, 0.25) is 0 Å². The number of nitrogens with zero attached hydrogens (tertiary/aromatic N) is 2. The molecule has 2 aromatic rings. The Bertz CT molecular complexity index is 1100. The molecule has 1 heterocycles. The Balaban J connectivity index is 2.16. The number of rotatable bonds is 11. The van der Waals surface area contributed by atoms with E-state index in [-0.39, 0.29) is 22.5 Å². The van der Waals surface area contributed by atoms with Crippen LogP contribution in [0.25, 0.3) is 0 Å². The first-order valence-corrected chi connectivity index (χ1v) is 12.5. The summed E-state index contributed by atoms with van der Waals surface area (Å²) in [5.41, 5.74) is -1.08. The van der Waals surface area contributed by atoms with E-state index in [4.69, 9.17) is 4.74 Å². The van der Waals surface area contributed by atoms with E-state index in [9.17, 15) is 18.0 Å². The molecular weight excluding hydrogens is 456 g/mol. The van der Waals surface area contributed by atoms with Crippen molar-refractivity contribution in [2.24, 2.45) is 22.7 Å². The first kappa shape index (κ1) is 27.2. The summed E-state index contributed by atoms with van der Waals surface area (Å²) in [7, 11) is -2.52. The van der Waals surface area contributed by atoms with Gasteiger partial charge < -0.3 is 10.1 Å². The van der Waals surface area contributed by atoms with Gasteiger partial charge in [0.1, 0.15) is 5.78 Å². The van der Waals surface area contributed by atoms with Crippen LogP contribution in [0.1, 0.15) is 41.5 Å². The van der Waals surface area contributed by atoms with E-state index in [0.29, 0.717) is 12.2 Å². The van der Waals surface area contributed by atoms with Gasteiger partial charge in [-0.3, -0.25) is 9.59 Å². The lowest BCUT2D eigenvalue weighted by atomic mass is 9.65. The van der Waals surface area contributed by atoms with Gasteiger partial charge in [-0.15, -0.1) is 0 Å². The van der Waals surface area contributed by atoms with Crippen LogP contribution in [-0.4, -0.2) is 43.8 Å². The van der Waals surface area contributed by atoms with Crippen LogP contribution < -0.4 is 10.0 Å². The number of esters is 1. The van der Waals surface area contributed by atoms with Crippen LogP contribution in [-0.2, 0) is 24.3 Å². The number of sulfonamides is 1. The van der Waals surface area contributed by atoms with Crippen molar-refractivity contribution in [1.29, 1.82) is 0 Å². The number of Topliss-reactive ketones (excluding diaryl/α,β-unsaturated/α-hetero) is 1. The van der Waals surface area contributed by atoms with Crippen LogP contribution >= 0.6 is 0 Å². The number of carbonyl (C=O) groups is 2. The van der Waals surface area contributed by atoms with Gasteiger partial charge >= 0.3 is 5.97 Å². The number of methoxy groups -OCH3 is 1. The fourth-order valence-electron chi connectivity index (χ4n) is 3.41. The molecule has 2 N–H and O–H groups in total. The molecule has 1 aromatic carbocycles. The molecule has 186 valence electrons. The van der Waals surface area contributed by atoms with Crippen molar-refractivity contribution in [1.82, 2.24) is 9.97 Å². The van der Waals surface area contributed by atoms with Gasteiger partial charge in [0.15, 0.2) is 0 Å². The van der Waals surface area contributed by atoms with E-state index in [1.54, 1.807) is 39.0 Å². The van der Waals surface area contributed by atoms with Crippen molar-refractivity contribution in [3.63, 3.8) is 0 Å². The first-order valence-electron chi connectivity index (χ1n) is 11.0. The van der Waals surface area contributed by atoms with Crippen LogP contribution in [0.4, 0.5) is 11.6 Å². The van der Waals surface area contributed by atoms with Crippen molar-refractivity contribution in [2.75, 3.05) is 23.7 Å². The third-order valence-electron chi connectivity index (χ3n) is 6.64. The summed E-state index contributed by atoms with van der Waals surface area (Å²) in [6.45, 7) is 11.3. The molecule has 0 saturated heterocycles. The smallest absolute Gasteiger partial charge is 0.311 e. The molecular formula is C24H34N4O5S. The molecule has 34 heavy (non-hydrogen) atoms. The highest BCUT2D eigenvalue weighted by atomic mass is 32.2. The molecule has 1 aromatic heterocycles. The van der Waals surface area contributed by atoms with Gasteiger partial charge in [0.05, 0.1) is 17.4 Å². The molecule has 2 atom stereocenters. The minimum absolute atomic E-state index is 0.0140. The number of ether oxygens (including phenoxy) is 1. The Kier molecular flexibility index (Phi) is 8.41. The minimum Gasteiger partial charge on any atom is -0.469 e. The van der Waals surface area contributed by atoms with Gasteiger partial charge in [-0.05, 0) is 50.1 Å². The molecule has 9 nitrogen and oxygen atoms in total. The monoisotopic (exact) mass is 490 g/mol. The zero-order chi connectivity index (χ0) is 25.7. The molecule has 0 saturated carbocycles. The predicted octanol–water partition coefficient (Wildman–Crippen LogP) is 3.76. The topological polar surface area (TPSA) is 127 Å². The van der Waals surface area contributed by atoms with Crippen LogP contribution in [0.15, 0.2) is 47.6 Å². The number of aromatic nitrogens is 2. The van der Waals surface area contributed by atoms with Crippen molar-refractivity contribution in [3.8, 4) is 0 Å². The number of hydrogen-bond donors (Lipinski definition) is 2. The van der Waals surface area contributed by atoms with E-state index in [1.165, 1.54) is 31.6 Å². The molecule has 0 radical (unpaired) electrons. The summed E-state index contributed by atoms with van der Waals surface area (Å²) in [6, 6.07) is 7.78. The molecule has 0 spiro atoms. The second kappa shape index (κ2) is 10.5. The van der Waals surface area contributed by atoms with Gasteiger partial charge in [-0.25, -0.2) is 23.1 Å². The lowest BCUT2D eigenvalue weighted by Crippen LogP contribution is -2.48. The lowest BCUT2D eigenvalue weighted by Gasteiger charge is -2.39. The first-order chi connectivity index (χ1) is 15.8. The van der Waals surface area contributed by atoms with Gasteiger partial charge in [0.2, 0.25) is 5.95 Å². The zero-order valence-corrected chi connectivity index (χ0v) is 21.6. The summed E-state index contributed by atoms with van der Waals surface area (Å²) >= 11 is 0. The fraction of sp³-hybridized carbons (Fsp3) is 0.500. The second-order valence-electron chi connectivity index (χ2n) is 9.43. The van der Waals surface area contributed by atoms with Crippen molar-refractivity contribution in [2.45, 2.75) is 46.4 Å². The Morgan fingerprint density at radius 1 is 1.03 bits per heavy atom. The molecule has 2 rings (SSSR count). The van der Waals surface area contributed by atoms with Crippen LogP contribution in [0.3, 0.4) is 0 Å². The third-order valence-corrected chi connectivity index (χ3v) is 7.98. The molecule has 10 heteroatoms. The highest BCUT2D eigenvalue weighted by Gasteiger charge is 2.47. The number of anilines is 2. The van der Waals surface area contributed by atoms with Crippen molar-refractivity contribution >= 4 is 33.4 Å². The summed E-state index contributed by atoms with van der Waals surface area (Å²) in [6.07, 6.45) is 2.89. The van der Waals surface area contributed by atoms with E-state index < -0.39 is 32.7 Å². The SMILES string of the molecule is COC(=O)C(C)(C)C(C)C(=O)C(C)(CNc1ccc(S(=O)(=O)Nc2ncccn2)cc1)C(C)C. The van der Waals surface area contributed by atoms with Gasteiger partial charge in [-0.1, -0.05) is 27.7 Å². The molecule has 0 aliphatic carbocycles. The quantitative estimate of drug-likeness (QED) is 0.456. The van der Waals surface area contributed by atoms with Gasteiger partial charge in [-0.2, -0.15) is 0 Å². The van der Waals surface area contributed by atoms with E-state index in [2.05, 4.69) is 20.0 Å². The zero-order valence-electron chi connectivity index (χ0n) is 20.7. The van der Waals surface area contributed by atoms with Crippen LogP contribution in [0, 0.1) is 22.7 Å². The summed E-state index contributed by atoms with van der Waals surface area (Å²) in [5.74, 6) is -1.07. The fourth-order valence-corrected chi connectivity index (χ4v) is 4.36. The standard InChI is InChI=1S/C24H34N4O5S/c1-16(2)24(6,20(29)17(3)23(4,5)21(30)33-7)15-27-18-9-11-19(12-10-18)34(31,32)28-22-25-13-8-14-26-22/h8-14,16-17,27H,15H2,1-7H3,(H,25,26,28). The Hall–Kier alpha value is -3.01. The number of carbonyl (C=O) groups excluding carboxylic acids is 2. The van der Waals surface area contributed by atoms with E-state index in [1.807, 2.05) is 20.8 Å². The maximum atomic E-state index is 13.5. The number of ketones is 1. The normalized spacial score (nSPS) is 14.7. The summed E-state index contributed by atoms with van der Waals surface area (Å²) in [4.78, 5) is 33.5. The Morgan fingerprint density at radius 3 is 2.09 bits per heavy atom. The minimum atomic E-state index is -3.84. The van der Waals surface area contributed by atoms with Crippen molar-refractivity contribution in [3.05, 3.63) is 42.7 Å². The Morgan fingerprint density at radius 2 is 1.59 bits per heavy atom. The molecule has 0 aliphatic heterocycles. The maximum absolute atomic E-state index is 13.5. The maximum Gasteiger partial charge on any atom is 0.311 e. The molecule has 0 amide bonds. The third kappa shape index (κ3) is 5.91. The highest BCUT2D eigenvalue weighted by Crippen LogP contribution is 2.38. The summed E-state index contributed by atoms with van der Waals surface area (Å²) < 4.78 is 32.4. The second-order valence-corrected chi connectivity index (χ2v) is 11.1. The molecule has 0 fully saturated rings. The van der Waals surface area contributed by atoms with Gasteiger partial charge in [0.25, 0.3) is 10.0 Å². The number of benzene rings is 1. The average Bonchev–Trinajstić information content (AvgIpc) is 2.81. The number of nitrogens with one attached hydrogen (secondary N) is 2. The lowest BCUT2D eigenvalue weighted by molar-refractivity contribution is -0.158. The number of hydrogen-bond acceptors (Lipinski definition) is 8. The summed E-state index contributed by atoms with van der Waals surface area (Å²) in [5, 5.41) is 3.25. The molecule has 0 bridgehead atoms. The van der Waals surface area contributed by atoms with E-state index in [0.717, 1.165) is 0 Å². The Labute approximate surface area is 201 Å². The molecule has 0 aliphatic rings. The van der Waals surface area contributed by atoms with Gasteiger partial charge in [0, 0.05) is 36.0 Å². The van der Waals surface area contributed by atoms with Crippen LogP contribution in [0.5, 0.6) is 0 Å². The predicted molar refractivity (Wildman–Crippen MR) is 131 cm³/mol. The molecule has 2 unspecified atom stereocenters. The van der Waals surface area contributed by atoms with E-state index >= 15 is 0 Å². The average molecular weight is 491 g/mol. The van der Waals surface area contributed by atoms with Crippen molar-refractivity contribution < 1.29 is 22.7 Å².